The SMILES string of the molecule is O=C(NCc1ccc(CO)cc1)[C@H]1C[C@@H]2C=C[C@H]1C2. The second-order valence-corrected chi connectivity index (χ2v) is 5.58. The highest BCUT2D eigenvalue weighted by molar-refractivity contribution is 5.79. The highest BCUT2D eigenvalue weighted by atomic mass is 16.3. The topological polar surface area (TPSA) is 49.3 Å². The van der Waals surface area contributed by atoms with Gasteiger partial charge in [-0.25, -0.2) is 0 Å². The van der Waals surface area contributed by atoms with Crippen molar-refractivity contribution < 1.29 is 9.90 Å². The predicted molar refractivity (Wildman–Crippen MR) is 73.1 cm³/mol. The van der Waals surface area contributed by atoms with Crippen molar-refractivity contribution in [2.24, 2.45) is 17.8 Å². The molecule has 2 bridgehead atoms. The molecule has 0 spiro atoms. The summed E-state index contributed by atoms with van der Waals surface area (Å²) in [4.78, 5) is 12.1. The fourth-order valence-corrected chi connectivity index (χ4v) is 3.16. The summed E-state index contributed by atoms with van der Waals surface area (Å²) < 4.78 is 0. The molecule has 2 aliphatic rings. The molecule has 0 radical (unpaired) electrons. The maximum absolute atomic E-state index is 12.1. The van der Waals surface area contributed by atoms with Gasteiger partial charge in [0.05, 0.1) is 6.61 Å². The van der Waals surface area contributed by atoms with Crippen LogP contribution in [0.4, 0.5) is 0 Å². The van der Waals surface area contributed by atoms with E-state index in [-0.39, 0.29) is 18.4 Å². The normalized spacial score (nSPS) is 27.7. The Morgan fingerprint density at radius 1 is 1.16 bits per heavy atom. The molecule has 3 rings (SSSR count). The van der Waals surface area contributed by atoms with Crippen molar-refractivity contribution >= 4 is 5.91 Å². The van der Waals surface area contributed by atoms with E-state index in [4.69, 9.17) is 5.11 Å². The van der Waals surface area contributed by atoms with E-state index < -0.39 is 0 Å². The Bertz CT molecular complexity index is 492. The van der Waals surface area contributed by atoms with E-state index in [0.717, 1.165) is 24.0 Å². The fraction of sp³-hybridized carbons (Fsp3) is 0.438. The molecule has 0 unspecified atom stereocenters. The Kier molecular flexibility index (Phi) is 3.38. The Hall–Kier alpha value is -1.61. The molecule has 1 amide bonds. The van der Waals surface area contributed by atoms with E-state index in [1.165, 1.54) is 0 Å². The van der Waals surface area contributed by atoms with Crippen LogP contribution in [0.15, 0.2) is 36.4 Å². The van der Waals surface area contributed by atoms with Gasteiger partial charge in [-0.2, -0.15) is 0 Å². The molecule has 1 fully saturated rings. The molecule has 0 heterocycles. The highest BCUT2D eigenvalue weighted by Crippen LogP contribution is 2.43. The van der Waals surface area contributed by atoms with Gasteiger partial charge in [-0.1, -0.05) is 36.4 Å². The Labute approximate surface area is 113 Å². The number of aliphatic hydroxyl groups excluding tert-OH is 1. The van der Waals surface area contributed by atoms with Crippen molar-refractivity contribution in [2.45, 2.75) is 26.0 Å². The molecule has 2 N–H and O–H groups in total. The van der Waals surface area contributed by atoms with Crippen molar-refractivity contribution in [2.75, 3.05) is 0 Å². The van der Waals surface area contributed by atoms with Gasteiger partial charge in [0, 0.05) is 12.5 Å². The summed E-state index contributed by atoms with van der Waals surface area (Å²) in [6, 6.07) is 7.68. The van der Waals surface area contributed by atoms with Gasteiger partial charge in [-0.05, 0) is 35.8 Å². The first-order valence-corrected chi connectivity index (χ1v) is 6.91. The van der Waals surface area contributed by atoms with Gasteiger partial charge in [0.2, 0.25) is 5.91 Å². The van der Waals surface area contributed by atoms with Crippen LogP contribution in [0.5, 0.6) is 0 Å². The molecule has 3 heteroatoms. The molecule has 1 aromatic rings. The van der Waals surface area contributed by atoms with Crippen molar-refractivity contribution in [1.82, 2.24) is 5.32 Å². The quantitative estimate of drug-likeness (QED) is 0.811. The monoisotopic (exact) mass is 257 g/mol. The van der Waals surface area contributed by atoms with Crippen LogP contribution in [0.3, 0.4) is 0 Å². The molecule has 0 aliphatic heterocycles. The van der Waals surface area contributed by atoms with E-state index in [9.17, 15) is 4.79 Å². The number of hydrogen-bond acceptors (Lipinski definition) is 2. The van der Waals surface area contributed by atoms with Gasteiger partial charge < -0.3 is 10.4 Å². The van der Waals surface area contributed by atoms with Crippen LogP contribution in [0.1, 0.15) is 24.0 Å². The molecule has 3 nitrogen and oxygen atoms in total. The first-order valence-electron chi connectivity index (χ1n) is 6.91. The van der Waals surface area contributed by atoms with Crippen LogP contribution in [0.2, 0.25) is 0 Å². The minimum absolute atomic E-state index is 0.0596. The molecule has 2 aliphatic carbocycles. The molecular weight excluding hydrogens is 238 g/mol. The summed E-state index contributed by atoms with van der Waals surface area (Å²) in [5.74, 6) is 1.45. The highest BCUT2D eigenvalue weighted by Gasteiger charge is 2.39. The maximum Gasteiger partial charge on any atom is 0.223 e. The fourth-order valence-electron chi connectivity index (χ4n) is 3.16. The third kappa shape index (κ3) is 2.56. The van der Waals surface area contributed by atoms with Gasteiger partial charge in [0.15, 0.2) is 0 Å². The molecule has 100 valence electrons. The number of aliphatic hydroxyl groups is 1. The first-order chi connectivity index (χ1) is 9.26. The molecule has 0 aromatic heterocycles. The van der Waals surface area contributed by atoms with Crippen LogP contribution < -0.4 is 5.32 Å². The Morgan fingerprint density at radius 3 is 2.47 bits per heavy atom. The summed E-state index contributed by atoms with van der Waals surface area (Å²) in [7, 11) is 0. The lowest BCUT2D eigenvalue weighted by atomic mass is 9.93. The van der Waals surface area contributed by atoms with Crippen molar-refractivity contribution in [3.63, 3.8) is 0 Å². The second kappa shape index (κ2) is 5.17. The van der Waals surface area contributed by atoms with Crippen molar-refractivity contribution in [1.29, 1.82) is 0 Å². The number of nitrogens with one attached hydrogen (secondary N) is 1. The van der Waals surface area contributed by atoms with Crippen LogP contribution in [-0.4, -0.2) is 11.0 Å². The third-order valence-electron chi connectivity index (χ3n) is 4.29. The number of fused-ring (bicyclic) bond motifs is 2. The molecule has 0 saturated heterocycles. The molecule has 3 atom stereocenters. The molecular formula is C16H19NO2. The predicted octanol–water partition coefficient (Wildman–Crippen LogP) is 2.01. The molecule has 19 heavy (non-hydrogen) atoms. The van der Waals surface area contributed by atoms with E-state index in [2.05, 4.69) is 17.5 Å². The van der Waals surface area contributed by atoms with Crippen LogP contribution in [0, 0.1) is 17.8 Å². The number of amides is 1. The van der Waals surface area contributed by atoms with Gasteiger partial charge in [0.25, 0.3) is 0 Å². The zero-order valence-corrected chi connectivity index (χ0v) is 10.9. The van der Waals surface area contributed by atoms with Crippen molar-refractivity contribution in [3.05, 3.63) is 47.5 Å². The van der Waals surface area contributed by atoms with Gasteiger partial charge in [0.1, 0.15) is 0 Å². The number of allylic oxidation sites excluding steroid dienone is 2. The van der Waals surface area contributed by atoms with E-state index in [1.807, 2.05) is 24.3 Å². The number of hydrogen-bond donors (Lipinski definition) is 2. The summed E-state index contributed by atoms with van der Waals surface area (Å²) in [6.45, 7) is 0.631. The summed E-state index contributed by atoms with van der Waals surface area (Å²) in [5.41, 5.74) is 1.97. The van der Waals surface area contributed by atoms with E-state index in [0.29, 0.717) is 18.4 Å². The van der Waals surface area contributed by atoms with Crippen LogP contribution >= 0.6 is 0 Å². The Balaban J connectivity index is 1.54. The number of carbonyl (C=O) groups excluding carboxylic acids is 1. The minimum Gasteiger partial charge on any atom is -0.392 e. The number of benzene rings is 1. The van der Waals surface area contributed by atoms with Crippen LogP contribution in [-0.2, 0) is 17.9 Å². The molecule has 1 aromatic carbocycles. The zero-order valence-electron chi connectivity index (χ0n) is 10.9. The number of rotatable bonds is 4. The lowest BCUT2D eigenvalue weighted by Crippen LogP contribution is -2.32. The maximum atomic E-state index is 12.1. The standard InChI is InChI=1S/C16H19NO2/c18-10-12-3-1-11(2-4-12)9-17-16(19)15-8-13-5-6-14(15)7-13/h1-6,13-15,18H,7-10H2,(H,17,19)/t13-,14+,15+/m1/s1. The van der Waals surface area contributed by atoms with E-state index >= 15 is 0 Å². The lowest BCUT2D eigenvalue weighted by molar-refractivity contribution is -0.125. The van der Waals surface area contributed by atoms with Gasteiger partial charge >= 0.3 is 0 Å². The number of carbonyl (C=O) groups is 1. The third-order valence-corrected chi connectivity index (χ3v) is 4.29. The van der Waals surface area contributed by atoms with Crippen LogP contribution in [0.25, 0.3) is 0 Å². The smallest absolute Gasteiger partial charge is 0.223 e. The zero-order chi connectivity index (χ0) is 13.2. The average Bonchev–Trinajstić information content (AvgIpc) is 3.08. The first kappa shape index (κ1) is 12.4. The largest absolute Gasteiger partial charge is 0.392 e. The summed E-state index contributed by atoms with van der Waals surface area (Å²) in [5, 5.41) is 12.0. The Morgan fingerprint density at radius 2 is 1.89 bits per heavy atom. The van der Waals surface area contributed by atoms with Gasteiger partial charge in [-0.15, -0.1) is 0 Å². The second-order valence-electron chi connectivity index (χ2n) is 5.58. The summed E-state index contributed by atoms with van der Waals surface area (Å²) >= 11 is 0. The minimum atomic E-state index is 0.0596. The molecule has 1 saturated carbocycles. The van der Waals surface area contributed by atoms with Crippen molar-refractivity contribution in [3.8, 4) is 0 Å². The van der Waals surface area contributed by atoms with E-state index in [1.54, 1.807) is 0 Å². The van der Waals surface area contributed by atoms with Gasteiger partial charge in [-0.3, -0.25) is 4.79 Å². The lowest BCUT2D eigenvalue weighted by Gasteiger charge is -2.17. The average molecular weight is 257 g/mol. The summed E-state index contributed by atoms with van der Waals surface area (Å²) in [6.07, 6.45) is 6.62.